The number of carbonyl (C=O) groups excluding carboxylic acids is 1. The molecule has 1 N–H and O–H groups in total. The van der Waals surface area contributed by atoms with E-state index in [1.54, 1.807) is 12.1 Å². The fraction of sp³-hybridized carbons (Fsp3) is 0.167. The topological polar surface area (TPSA) is 78.3 Å². The number of para-hydroxylation sites is 2. The number of fused-ring (bicyclic) bond motifs is 1. The van der Waals surface area contributed by atoms with Crippen LogP contribution in [0.15, 0.2) is 54.7 Å². The molecule has 0 unspecified atom stereocenters. The van der Waals surface area contributed by atoms with Gasteiger partial charge in [-0.3, -0.25) is 4.79 Å². The maximum atomic E-state index is 13.0. The highest BCUT2D eigenvalue weighted by atomic mass is 19.1. The lowest BCUT2D eigenvalue weighted by molar-refractivity contribution is 0.0786. The van der Waals surface area contributed by atoms with Gasteiger partial charge in [0, 0.05) is 0 Å². The number of nitrogens with one attached hydrogen (secondary N) is 1. The summed E-state index contributed by atoms with van der Waals surface area (Å²) in [5, 5.41) is 10.5. The molecule has 0 saturated carbocycles. The average molecular weight is 354 g/mol. The number of amides is 1. The Morgan fingerprint density at radius 3 is 2.77 bits per heavy atom. The number of hydrogen-bond donors (Lipinski definition) is 1. The summed E-state index contributed by atoms with van der Waals surface area (Å²) in [5.41, 5.74) is 0.769. The molecule has 3 aromatic rings. The first kappa shape index (κ1) is 16.1. The van der Waals surface area contributed by atoms with E-state index in [9.17, 15) is 9.18 Å². The normalized spacial score (nSPS) is 15.5. The van der Waals surface area contributed by atoms with Gasteiger partial charge >= 0.3 is 0 Å². The van der Waals surface area contributed by atoms with Crippen LogP contribution in [0.1, 0.15) is 10.5 Å². The van der Waals surface area contributed by atoms with Crippen molar-refractivity contribution in [2.75, 3.05) is 13.2 Å². The van der Waals surface area contributed by atoms with Crippen LogP contribution in [0.3, 0.4) is 0 Å². The molecule has 0 radical (unpaired) electrons. The Labute approximate surface area is 148 Å². The Hall–Kier alpha value is -3.42. The summed E-state index contributed by atoms with van der Waals surface area (Å²) in [4.78, 5) is 12.2. The standard InChI is InChI=1S/C18H15FN4O3/c19-12-5-7-13(8-6-12)23-10-15(21-22-23)18(24)20-9-14-11-25-16-3-1-2-4-17(16)26-14/h1-8,10,14H,9,11H2,(H,20,24)/t14-/m1/s1. The van der Waals surface area contributed by atoms with Gasteiger partial charge < -0.3 is 14.8 Å². The van der Waals surface area contributed by atoms with Crippen LogP contribution in [0.4, 0.5) is 4.39 Å². The minimum atomic E-state index is -0.374. The summed E-state index contributed by atoms with van der Waals surface area (Å²) in [5.74, 6) is 0.626. The predicted octanol–water partition coefficient (Wildman–Crippen LogP) is 1.98. The molecular weight excluding hydrogens is 339 g/mol. The molecule has 1 amide bonds. The Kier molecular flexibility index (Phi) is 4.22. The minimum absolute atomic E-state index is 0.159. The first-order valence-electron chi connectivity index (χ1n) is 8.04. The van der Waals surface area contributed by atoms with Crippen LogP contribution in [0, 0.1) is 5.82 Å². The highest BCUT2D eigenvalue weighted by Gasteiger charge is 2.22. The summed E-state index contributed by atoms with van der Waals surface area (Å²) >= 11 is 0. The lowest BCUT2D eigenvalue weighted by Crippen LogP contribution is -2.40. The molecule has 0 saturated heterocycles. The summed E-state index contributed by atoms with van der Waals surface area (Å²) in [7, 11) is 0. The third-order valence-corrected chi connectivity index (χ3v) is 3.88. The minimum Gasteiger partial charge on any atom is -0.486 e. The van der Waals surface area contributed by atoms with Crippen LogP contribution in [0.2, 0.25) is 0 Å². The second kappa shape index (κ2) is 6.83. The van der Waals surface area contributed by atoms with Crippen LogP contribution in [-0.2, 0) is 0 Å². The van der Waals surface area contributed by atoms with Crippen molar-refractivity contribution in [1.82, 2.24) is 20.3 Å². The van der Waals surface area contributed by atoms with Crippen LogP contribution in [-0.4, -0.2) is 40.2 Å². The van der Waals surface area contributed by atoms with E-state index in [0.29, 0.717) is 23.8 Å². The van der Waals surface area contributed by atoms with Crippen LogP contribution in [0.5, 0.6) is 11.5 Å². The highest BCUT2D eigenvalue weighted by molar-refractivity contribution is 5.91. The molecule has 0 bridgehead atoms. The molecule has 7 nitrogen and oxygen atoms in total. The van der Waals surface area contributed by atoms with Gasteiger partial charge in [-0.1, -0.05) is 17.3 Å². The molecule has 1 aliphatic rings. The molecule has 1 aliphatic heterocycles. The smallest absolute Gasteiger partial charge is 0.273 e. The molecule has 0 fully saturated rings. The number of aromatic nitrogens is 3. The van der Waals surface area contributed by atoms with Crippen molar-refractivity contribution in [3.05, 3.63) is 66.2 Å². The number of hydrogen-bond acceptors (Lipinski definition) is 5. The molecule has 2 heterocycles. The van der Waals surface area contributed by atoms with Crippen molar-refractivity contribution in [3.63, 3.8) is 0 Å². The van der Waals surface area contributed by atoms with E-state index in [0.717, 1.165) is 0 Å². The van der Waals surface area contributed by atoms with Gasteiger partial charge in [-0.05, 0) is 36.4 Å². The maximum absolute atomic E-state index is 13.0. The Balaban J connectivity index is 1.36. The van der Waals surface area contributed by atoms with Crippen LogP contribution >= 0.6 is 0 Å². The third-order valence-electron chi connectivity index (χ3n) is 3.88. The molecule has 8 heteroatoms. The number of rotatable bonds is 4. The number of nitrogens with zero attached hydrogens (tertiary/aromatic N) is 3. The quantitative estimate of drug-likeness (QED) is 0.775. The lowest BCUT2D eigenvalue weighted by atomic mass is 10.2. The first-order chi connectivity index (χ1) is 12.7. The van der Waals surface area contributed by atoms with Crippen molar-refractivity contribution in [2.45, 2.75) is 6.10 Å². The van der Waals surface area contributed by atoms with Crippen LogP contribution in [0.25, 0.3) is 5.69 Å². The molecular formula is C18H15FN4O3. The van der Waals surface area contributed by atoms with Crippen molar-refractivity contribution in [3.8, 4) is 17.2 Å². The zero-order valence-corrected chi connectivity index (χ0v) is 13.6. The van der Waals surface area contributed by atoms with Crippen molar-refractivity contribution < 1.29 is 18.7 Å². The summed E-state index contributed by atoms with van der Waals surface area (Å²) in [6.07, 6.45) is 1.19. The number of ether oxygens (including phenoxy) is 2. The second-order valence-electron chi connectivity index (χ2n) is 5.73. The largest absolute Gasteiger partial charge is 0.486 e. The summed E-state index contributed by atoms with van der Waals surface area (Å²) < 4.78 is 25.8. The van der Waals surface area contributed by atoms with Gasteiger partial charge in [0.25, 0.3) is 5.91 Å². The fourth-order valence-electron chi connectivity index (χ4n) is 2.55. The van der Waals surface area contributed by atoms with Gasteiger partial charge in [0.1, 0.15) is 18.5 Å². The average Bonchev–Trinajstić information content (AvgIpc) is 3.17. The lowest BCUT2D eigenvalue weighted by Gasteiger charge is -2.26. The van der Waals surface area contributed by atoms with E-state index in [1.807, 2.05) is 24.3 Å². The fourth-order valence-corrected chi connectivity index (χ4v) is 2.55. The van der Waals surface area contributed by atoms with Crippen molar-refractivity contribution in [1.29, 1.82) is 0 Å². The molecule has 1 aromatic heterocycles. The molecule has 1 atom stereocenters. The monoisotopic (exact) mass is 354 g/mol. The van der Waals surface area contributed by atoms with E-state index in [4.69, 9.17) is 9.47 Å². The van der Waals surface area contributed by atoms with E-state index in [2.05, 4.69) is 15.6 Å². The van der Waals surface area contributed by atoms with Gasteiger partial charge in [-0.15, -0.1) is 5.10 Å². The summed E-state index contributed by atoms with van der Waals surface area (Å²) in [6, 6.07) is 13.1. The highest BCUT2D eigenvalue weighted by Crippen LogP contribution is 2.30. The Morgan fingerprint density at radius 1 is 1.19 bits per heavy atom. The number of carbonyl (C=O) groups is 1. The predicted molar refractivity (Wildman–Crippen MR) is 90.0 cm³/mol. The maximum Gasteiger partial charge on any atom is 0.273 e. The van der Waals surface area contributed by atoms with E-state index < -0.39 is 0 Å². The summed E-state index contributed by atoms with van der Waals surface area (Å²) in [6.45, 7) is 0.621. The second-order valence-corrected chi connectivity index (χ2v) is 5.73. The van der Waals surface area contributed by atoms with Crippen molar-refractivity contribution >= 4 is 5.91 Å². The number of benzene rings is 2. The Morgan fingerprint density at radius 2 is 1.96 bits per heavy atom. The first-order valence-corrected chi connectivity index (χ1v) is 8.04. The van der Waals surface area contributed by atoms with Gasteiger partial charge in [-0.25, -0.2) is 9.07 Å². The zero-order valence-electron chi connectivity index (χ0n) is 13.6. The molecule has 0 aliphatic carbocycles. The zero-order chi connectivity index (χ0) is 17.9. The van der Waals surface area contributed by atoms with E-state index in [1.165, 1.54) is 23.0 Å². The van der Waals surface area contributed by atoms with Gasteiger partial charge in [-0.2, -0.15) is 0 Å². The molecule has 132 valence electrons. The molecule has 0 spiro atoms. The number of halogens is 1. The Bertz CT molecular complexity index is 926. The van der Waals surface area contributed by atoms with Gasteiger partial charge in [0.15, 0.2) is 17.2 Å². The molecule has 4 rings (SSSR count). The van der Waals surface area contributed by atoms with Gasteiger partial charge in [0.05, 0.1) is 18.4 Å². The molecule has 2 aromatic carbocycles. The van der Waals surface area contributed by atoms with Crippen LogP contribution < -0.4 is 14.8 Å². The van der Waals surface area contributed by atoms with Gasteiger partial charge in [0.2, 0.25) is 0 Å². The molecule has 26 heavy (non-hydrogen) atoms. The SMILES string of the molecule is O=C(NC[C@@H]1COc2ccccc2O1)c1cn(-c2ccc(F)cc2)nn1. The van der Waals surface area contributed by atoms with Crippen molar-refractivity contribution in [2.24, 2.45) is 0 Å². The third kappa shape index (κ3) is 3.34. The van der Waals surface area contributed by atoms with E-state index >= 15 is 0 Å². The van der Waals surface area contributed by atoms with E-state index in [-0.39, 0.29) is 30.1 Å².